The Morgan fingerprint density at radius 3 is 2.83 bits per heavy atom. The molecule has 3 rings (SSSR count). The lowest BCUT2D eigenvalue weighted by Crippen LogP contribution is -2.33. The van der Waals surface area contributed by atoms with Crippen molar-refractivity contribution in [1.29, 1.82) is 5.26 Å². The molecule has 1 saturated carbocycles. The van der Waals surface area contributed by atoms with Crippen molar-refractivity contribution in [3.05, 3.63) is 28.8 Å². The van der Waals surface area contributed by atoms with Gasteiger partial charge in [0.05, 0.1) is 7.11 Å². The molecule has 2 aliphatic rings. The Balaban J connectivity index is 1.86. The number of carbonyl (C=O) groups is 1. The van der Waals surface area contributed by atoms with E-state index in [1.165, 1.54) is 0 Å². The highest BCUT2D eigenvalue weighted by Gasteiger charge is 2.23. The molecule has 0 spiro atoms. The number of amides is 1. The maximum atomic E-state index is 12.3. The van der Waals surface area contributed by atoms with Crippen LogP contribution in [0.15, 0.2) is 17.7 Å². The molecular weight excluding hydrogens is 304 g/mol. The topological polar surface area (TPSA) is 71.3 Å². The molecule has 126 valence electrons. The summed E-state index contributed by atoms with van der Waals surface area (Å²) in [7, 11) is 1.59. The first-order chi connectivity index (χ1) is 11.6. The Kier molecular flexibility index (Phi) is 4.75. The molecule has 0 radical (unpaired) electrons. The van der Waals surface area contributed by atoms with E-state index in [4.69, 9.17) is 9.47 Å². The van der Waals surface area contributed by atoms with Crippen molar-refractivity contribution in [2.45, 2.75) is 51.2 Å². The molecule has 1 amide bonds. The van der Waals surface area contributed by atoms with Crippen LogP contribution >= 0.6 is 0 Å². The van der Waals surface area contributed by atoms with Gasteiger partial charge in [-0.2, -0.15) is 5.26 Å². The van der Waals surface area contributed by atoms with Gasteiger partial charge in [-0.15, -0.1) is 0 Å². The quantitative estimate of drug-likeness (QED) is 0.682. The van der Waals surface area contributed by atoms with Gasteiger partial charge in [0.15, 0.2) is 0 Å². The van der Waals surface area contributed by atoms with Gasteiger partial charge in [0.2, 0.25) is 0 Å². The highest BCUT2D eigenvalue weighted by molar-refractivity contribution is 6.02. The summed E-state index contributed by atoms with van der Waals surface area (Å²) in [6, 6.07) is 5.96. The SMILES string of the molecule is COc1cc2c(cc1/C=C(\C#N)C(=O)NC1CCCC1)OC(C)C2. The van der Waals surface area contributed by atoms with Crippen molar-refractivity contribution in [3.63, 3.8) is 0 Å². The zero-order chi connectivity index (χ0) is 17.1. The molecule has 1 atom stereocenters. The van der Waals surface area contributed by atoms with Gasteiger partial charge >= 0.3 is 0 Å². The second kappa shape index (κ2) is 6.96. The number of nitrogens with one attached hydrogen (secondary N) is 1. The van der Waals surface area contributed by atoms with Crippen LogP contribution in [0.4, 0.5) is 0 Å². The summed E-state index contributed by atoms with van der Waals surface area (Å²) in [6.45, 7) is 2.01. The standard InChI is InChI=1S/C19H22N2O3/c1-12-7-13-9-17(23-2)14(10-18(13)24-12)8-15(11-20)19(22)21-16-5-3-4-6-16/h8-10,12,16H,3-7H2,1-2H3,(H,21,22)/b15-8+. The number of fused-ring (bicyclic) bond motifs is 1. The minimum atomic E-state index is -0.318. The molecule has 1 aliphatic heterocycles. The minimum absolute atomic E-state index is 0.0891. The Bertz CT molecular complexity index is 712. The van der Waals surface area contributed by atoms with Gasteiger partial charge in [0, 0.05) is 23.6 Å². The Hall–Kier alpha value is -2.48. The molecule has 1 N–H and O–H groups in total. The fourth-order valence-electron chi connectivity index (χ4n) is 3.38. The predicted octanol–water partition coefficient (Wildman–Crippen LogP) is 2.98. The molecule has 1 heterocycles. The molecule has 0 aromatic heterocycles. The first-order valence-corrected chi connectivity index (χ1v) is 8.41. The first kappa shape index (κ1) is 16.4. The van der Waals surface area contributed by atoms with Crippen molar-refractivity contribution < 1.29 is 14.3 Å². The van der Waals surface area contributed by atoms with Crippen molar-refractivity contribution in [1.82, 2.24) is 5.32 Å². The largest absolute Gasteiger partial charge is 0.496 e. The normalized spacial score (nSPS) is 20.2. The Labute approximate surface area is 142 Å². The van der Waals surface area contributed by atoms with Crippen LogP contribution in [-0.4, -0.2) is 25.2 Å². The number of hydrogen-bond acceptors (Lipinski definition) is 4. The lowest BCUT2D eigenvalue weighted by atomic mass is 10.0. The van der Waals surface area contributed by atoms with Gasteiger partial charge < -0.3 is 14.8 Å². The minimum Gasteiger partial charge on any atom is -0.496 e. The van der Waals surface area contributed by atoms with Gasteiger partial charge in [0.1, 0.15) is 29.2 Å². The highest BCUT2D eigenvalue weighted by atomic mass is 16.5. The fraction of sp³-hybridized carbons (Fsp3) is 0.474. The van der Waals surface area contributed by atoms with E-state index in [-0.39, 0.29) is 23.6 Å². The number of benzene rings is 1. The summed E-state index contributed by atoms with van der Waals surface area (Å²) in [6.07, 6.45) is 6.77. The van der Waals surface area contributed by atoms with E-state index < -0.39 is 0 Å². The van der Waals surface area contributed by atoms with Crippen molar-refractivity contribution in [2.24, 2.45) is 0 Å². The van der Waals surface area contributed by atoms with E-state index >= 15 is 0 Å². The number of methoxy groups -OCH3 is 1. The van der Waals surface area contributed by atoms with Crippen LogP contribution < -0.4 is 14.8 Å². The van der Waals surface area contributed by atoms with Crippen LogP contribution in [0, 0.1) is 11.3 Å². The van der Waals surface area contributed by atoms with Crippen LogP contribution in [0.1, 0.15) is 43.7 Å². The van der Waals surface area contributed by atoms with Crippen LogP contribution in [0.25, 0.3) is 6.08 Å². The molecule has 24 heavy (non-hydrogen) atoms. The van der Waals surface area contributed by atoms with Crippen LogP contribution in [0.5, 0.6) is 11.5 Å². The molecule has 1 aromatic carbocycles. The number of ether oxygens (including phenoxy) is 2. The number of carbonyl (C=O) groups excluding carboxylic acids is 1. The van der Waals surface area contributed by atoms with Crippen molar-refractivity contribution in [2.75, 3.05) is 7.11 Å². The summed E-state index contributed by atoms with van der Waals surface area (Å²) < 4.78 is 11.2. The van der Waals surface area contributed by atoms with Crippen molar-refractivity contribution in [3.8, 4) is 17.6 Å². The van der Waals surface area contributed by atoms with Crippen molar-refractivity contribution >= 4 is 12.0 Å². The number of nitrogens with zero attached hydrogens (tertiary/aromatic N) is 1. The lowest BCUT2D eigenvalue weighted by Gasteiger charge is -2.12. The fourth-order valence-corrected chi connectivity index (χ4v) is 3.38. The van der Waals surface area contributed by atoms with E-state index in [0.29, 0.717) is 11.3 Å². The third kappa shape index (κ3) is 3.38. The summed E-state index contributed by atoms with van der Waals surface area (Å²) >= 11 is 0. The van der Waals surface area contributed by atoms with Crippen LogP contribution in [-0.2, 0) is 11.2 Å². The molecule has 1 aromatic rings. The molecule has 0 bridgehead atoms. The third-order valence-corrected chi connectivity index (χ3v) is 4.60. The highest BCUT2D eigenvalue weighted by Crippen LogP contribution is 2.36. The Morgan fingerprint density at radius 1 is 1.42 bits per heavy atom. The van der Waals surface area contributed by atoms with Gasteiger partial charge in [0.25, 0.3) is 5.91 Å². The monoisotopic (exact) mass is 326 g/mol. The first-order valence-electron chi connectivity index (χ1n) is 8.41. The van der Waals surface area contributed by atoms with Crippen LogP contribution in [0.3, 0.4) is 0 Å². The second-order valence-electron chi connectivity index (χ2n) is 6.46. The maximum Gasteiger partial charge on any atom is 0.262 e. The molecular formula is C19H22N2O3. The molecule has 0 saturated heterocycles. The van der Waals surface area contributed by atoms with Gasteiger partial charge in [-0.3, -0.25) is 4.79 Å². The molecule has 1 aliphatic carbocycles. The number of rotatable bonds is 4. The van der Waals surface area contributed by atoms with E-state index in [0.717, 1.165) is 43.4 Å². The van der Waals surface area contributed by atoms with Gasteiger partial charge in [-0.1, -0.05) is 12.8 Å². The summed E-state index contributed by atoms with van der Waals surface area (Å²) in [5, 5.41) is 12.3. The predicted molar refractivity (Wildman–Crippen MR) is 90.8 cm³/mol. The maximum absolute atomic E-state index is 12.3. The van der Waals surface area contributed by atoms with Gasteiger partial charge in [-0.25, -0.2) is 0 Å². The third-order valence-electron chi connectivity index (χ3n) is 4.60. The zero-order valence-corrected chi connectivity index (χ0v) is 14.1. The molecule has 1 fully saturated rings. The lowest BCUT2D eigenvalue weighted by molar-refractivity contribution is -0.117. The van der Waals surface area contributed by atoms with E-state index in [1.807, 2.05) is 25.1 Å². The average Bonchev–Trinajstić information content (AvgIpc) is 3.19. The molecule has 1 unspecified atom stereocenters. The van der Waals surface area contributed by atoms with E-state index in [1.54, 1.807) is 13.2 Å². The number of hydrogen-bond donors (Lipinski definition) is 1. The smallest absolute Gasteiger partial charge is 0.262 e. The second-order valence-corrected chi connectivity index (χ2v) is 6.46. The Morgan fingerprint density at radius 2 is 2.17 bits per heavy atom. The zero-order valence-electron chi connectivity index (χ0n) is 14.1. The summed E-state index contributed by atoms with van der Waals surface area (Å²) in [4.78, 5) is 12.3. The molecule has 5 nitrogen and oxygen atoms in total. The van der Waals surface area contributed by atoms with Crippen LogP contribution in [0.2, 0.25) is 0 Å². The van der Waals surface area contributed by atoms with Gasteiger partial charge in [-0.05, 0) is 38.0 Å². The summed E-state index contributed by atoms with van der Waals surface area (Å²) in [5.41, 5.74) is 1.86. The average molecular weight is 326 g/mol. The molecule has 5 heteroatoms. The summed E-state index contributed by atoms with van der Waals surface area (Å²) in [5.74, 6) is 1.12. The van der Waals surface area contributed by atoms with E-state index in [9.17, 15) is 10.1 Å². The number of nitriles is 1. The van der Waals surface area contributed by atoms with E-state index in [2.05, 4.69) is 5.32 Å².